The molecule has 0 heterocycles. The van der Waals surface area contributed by atoms with Crippen molar-refractivity contribution in [1.82, 2.24) is 0 Å². The van der Waals surface area contributed by atoms with Crippen LogP contribution in [0.1, 0.15) is 29.8 Å². The molecule has 8 heteroatoms. The Bertz CT molecular complexity index is 885. The molecule has 0 fully saturated rings. The van der Waals surface area contributed by atoms with E-state index in [4.69, 9.17) is 25.8 Å². The summed E-state index contributed by atoms with van der Waals surface area (Å²) in [5.74, 6) is -0.488. The van der Waals surface area contributed by atoms with E-state index >= 15 is 0 Å². The maximum atomic E-state index is 12.3. The lowest BCUT2D eigenvalue weighted by Gasteiger charge is -2.16. The van der Waals surface area contributed by atoms with Gasteiger partial charge in [0, 0.05) is 10.2 Å². The topological polar surface area (TPSA) is 73.9 Å². The number of nitrogens with one attached hydrogen (secondary N) is 1. The maximum Gasteiger partial charge on any atom is 0.338 e. The average Bonchev–Trinajstić information content (AvgIpc) is 2.63. The van der Waals surface area contributed by atoms with Crippen LogP contribution in [-0.2, 0) is 9.53 Å². The van der Waals surface area contributed by atoms with Gasteiger partial charge in [0.2, 0.25) is 0 Å². The van der Waals surface area contributed by atoms with Crippen LogP contribution in [0.25, 0.3) is 0 Å². The number of rotatable bonds is 7. The largest absolute Gasteiger partial charge is 0.493 e. The number of anilines is 1. The van der Waals surface area contributed by atoms with Crippen molar-refractivity contribution in [2.75, 3.05) is 19.0 Å². The van der Waals surface area contributed by atoms with Gasteiger partial charge in [0.25, 0.3) is 5.91 Å². The van der Waals surface area contributed by atoms with Crippen LogP contribution in [0.5, 0.6) is 11.5 Å². The van der Waals surface area contributed by atoms with Crippen molar-refractivity contribution in [3.63, 3.8) is 0 Å². The summed E-state index contributed by atoms with van der Waals surface area (Å²) in [6.45, 7) is 5.13. The molecule has 0 aromatic heterocycles. The monoisotopic (exact) mass is 469 g/mol. The number of carbonyl (C=O) groups excluding carboxylic acids is 2. The zero-order valence-electron chi connectivity index (χ0n) is 16.0. The second-order valence-electron chi connectivity index (χ2n) is 6.24. The van der Waals surface area contributed by atoms with Crippen LogP contribution >= 0.6 is 27.5 Å². The molecule has 2 rings (SSSR count). The van der Waals surface area contributed by atoms with Gasteiger partial charge in [0.05, 0.1) is 23.8 Å². The summed E-state index contributed by atoms with van der Waals surface area (Å²) in [5, 5.41) is 2.92. The van der Waals surface area contributed by atoms with E-state index in [9.17, 15) is 9.59 Å². The number of methoxy groups -OCH3 is 1. The first-order valence-corrected chi connectivity index (χ1v) is 9.65. The zero-order valence-corrected chi connectivity index (χ0v) is 18.3. The molecule has 0 atom stereocenters. The lowest BCUT2D eigenvalue weighted by atomic mass is 10.2. The lowest BCUT2D eigenvalue weighted by molar-refractivity contribution is -0.119. The molecule has 0 aliphatic carbocycles. The van der Waals surface area contributed by atoms with E-state index in [0.29, 0.717) is 17.2 Å². The molecule has 0 radical (unpaired) electrons. The van der Waals surface area contributed by atoms with Crippen molar-refractivity contribution < 1.29 is 23.8 Å². The highest BCUT2D eigenvalue weighted by Crippen LogP contribution is 2.37. The van der Waals surface area contributed by atoms with E-state index in [-0.39, 0.29) is 16.7 Å². The molecule has 2 aromatic carbocycles. The van der Waals surface area contributed by atoms with Crippen LogP contribution in [0.2, 0.25) is 5.02 Å². The van der Waals surface area contributed by atoms with Crippen molar-refractivity contribution in [3.8, 4) is 11.5 Å². The fourth-order valence-electron chi connectivity index (χ4n) is 2.36. The molecule has 1 amide bonds. The third-order valence-corrected chi connectivity index (χ3v) is 4.39. The second kappa shape index (κ2) is 9.80. The molecule has 0 spiro atoms. The van der Waals surface area contributed by atoms with Crippen molar-refractivity contribution in [1.29, 1.82) is 0 Å². The number of carbonyl (C=O) groups is 2. The summed E-state index contributed by atoms with van der Waals surface area (Å²) < 4.78 is 16.8. The van der Waals surface area contributed by atoms with Gasteiger partial charge in [-0.1, -0.05) is 27.5 Å². The molecule has 2 aromatic rings. The first-order valence-electron chi connectivity index (χ1n) is 8.48. The first kappa shape index (κ1) is 22.0. The minimum atomic E-state index is -0.695. The highest BCUT2D eigenvalue weighted by molar-refractivity contribution is 9.10. The Labute approximate surface area is 177 Å². The van der Waals surface area contributed by atoms with Crippen molar-refractivity contribution in [3.05, 3.63) is 51.0 Å². The summed E-state index contributed by atoms with van der Waals surface area (Å²) in [6, 6.07) is 8.32. The number of hydrogen-bond donors (Lipinski definition) is 1. The average molecular weight is 471 g/mol. The number of esters is 1. The van der Waals surface area contributed by atoms with E-state index in [1.54, 1.807) is 6.07 Å². The quantitative estimate of drug-likeness (QED) is 0.576. The normalized spacial score (nSPS) is 10.5. The number of ether oxygens (including phenoxy) is 3. The van der Waals surface area contributed by atoms with Crippen molar-refractivity contribution >= 4 is 45.1 Å². The first-order chi connectivity index (χ1) is 13.2. The number of amides is 1. The highest BCUT2D eigenvalue weighted by atomic mass is 79.9. The summed E-state index contributed by atoms with van der Waals surface area (Å²) in [6.07, 6.45) is -0.116. The molecule has 0 aliphatic heterocycles. The molecule has 0 bridgehead atoms. The van der Waals surface area contributed by atoms with Crippen LogP contribution in [0.15, 0.2) is 34.8 Å². The standard InChI is InChI=1S/C20H21BrClNO5/c1-11(2)28-19-15(22)8-13(9-17(19)26-4)20(25)27-10-18(24)23-16-6-5-14(21)7-12(16)3/h5-9,11H,10H2,1-4H3,(H,23,24). The SMILES string of the molecule is COc1cc(C(=O)OCC(=O)Nc2ccc(Br)cc2C)cc(Cl)c1OC(C)C. The second-order valence-corrected chi connectivity index (χ2v) is 7.56. The number of benzene rings is 2. The Morgan fingerprint density at radius 3 is 2.54 bits per heavy atom. The van der Waals surface area contributed by atoms with Gasteiger partial charge in [0.1, 0.15) is 0 Å². The van der Waals surface area contributed by atoms with Crippen LogP contribution < -0.4 is 14.8 Å². The molecule has 0 saturated heterocycles. The summed E-state index contributed by atoms with van der Waals surface area (Å²) >= 11 is 9.57. The van der Waals surface area contributed by atoms with E-state index in [2.05, 4.69) is 21.2 Å². The van der Waals surface area contributed by atoms with E-state index < -0.39 is 18.5 Å². The number of halogens is 2. The van der Waals surface area contributed by atoms with Gasteiger partial charge in [-0.3, -0.25) is 4.79 Å². The van der Waals surface area contributed by atoms with E-state index in [1.165, 1.54) is 19.2 Å². The van der Waals surface area contributed by atoms with Crippen LogP contribution in [0.4, 0.5) is 5.69 Å². The maximum absolute atomic E-state index is 12.3. The van der Waals surface area contributed by atoms with Gasteiger partial charge >= 0.3 is 5.97 Å². The lowest BCUT2D eigenvalue weighted by Crippen LogP contribution is -2.21. The molecule has 1 N–H and O–H groups in total. The Kier molecular flexibility index (Phi) is 7.71. The van der Waals surface area contributed by atoms with E-state index in [1.807, 2.05) is 32.9 Å². The number of hydrogen-bond acceptors (Lipinski definition) is 5. The smallest absolute Gasteiger partial charge is 0.338 e. The summed E-state index contributed by atoms with van der Waals surface area (Å²) in [7, 11) is 1.45. The third kappa shape index (κ3) is 5.87. The van der Waals surface area contributed by atoms with Crippen molar-refractivity contribution in [2.24, 2.45) is 0 Å². The Morgan fingerprint density at radius 2 is 1.93 bits per heavy atom. The molecule has 150 valence electrons. The fourth-order valence-corrected chi connectivity index (χ4v) is 3.09. The molecule has 0 unspecified atom stereocenters. The predicted octanol–water partition coefficient (Wildman–Crippen LogP) is 5.00. The van der Waals surface area contributed by atoms with Gasteiger partial charge in [-0.2, -0.15) is 0 Å². The Morgan fingerprint density at radius 1 is 1.21 bits per heavy atom. The molecular weight excluding hydrogens is 450 g/mol. The Balaban J connectivity index is 2.04. The minimum absolute atomic E-state index is 0.116. The zero-order chi connectivity index (χ0) is 20.8. The third-order valence-electron chi connectivity index (χ3n) is 3.62. The molecule has 0 saturated carbocycles. The van der Waals surface area contributed by atoms with Gasteiger partial charge in [-0.25, -0.2) is 4.79 Å². The minimum Gasteiger partial charge on any atom is -0.493 e. The van der Waals surface area contributed by atoms with Crippen LogP contribution in [-0.4, -0.2) is 31.7 Å². The number of aryl methyl sites for hydroxylation is 1. The van der Waals surface area contributed by atoms with Gasteiger partial charge in [-0.15, -0.1) is 0 Å². The van der Waals surface area contributed by atoms with Crippen LogP contribution in [0, 0.1) is 6.92 Å². The van der Waals surface area contributed by atoms with Crippen LogP contribution in [0.3, 0.4) is 0 Å². The highest BCUT2D eigenvalue weighted by Gasteiger charge is 2.18. The summed E-state index contributed by atoms with van der Waals surface area (Å²) in [4.78, 5) is 24.4. The van der Waals surface area contributed by atoms with E-state index in [0.717, 1.165) is 10.0 Å². The van der Waals surface area contributed by atoms with Gasteiger partial charge in [-0.05, 0) is 56.7 Å². The van der Waals surface area contributed by atoms with Crippen molar-refractivity contribution in [2.45, 2.75) is 26.9 Å². The fraction of sp³-hybridized carbons (Fsp3) is 0.300. The summed E-state index contributed by atoms with van der Waals surface area (Å²) in [5.41, 5.74) is 1.68. The molecule has 28 heavy (non-hydrogen) atoms. The molecule has 0 aliphatic rings. The van der Waals surface area contributed by atoms with Gasteiger partial charge in [0.15, 0.2) is 18.1 Å². The van der Waals surface area contributed by atoms with Gasteiger partial charge < -0.3 is 19.5 Å². The predicted molar refractivity (Wildman–Crippen MR) is 112 cm³/mol. The molecular formula is C20H21BrClNO5. The Hall–Kier alpha value is -2.25. The molecule has 6 nitrogen and oxygen atoms in total.